The Morgan fingerprint density at radius 1 is 1.05 bits per heavy atom. The molecule has 0 bridgehead atoms. The minimum Gasteiger partial charge on any atom is -0.292 e. The Balaban J connectivity index is 2.30. The highest BCUT2D eigenvalue weighted by Crippen LogP contribution is 2.33. The van der Waals surface area contributed by atoms with Crippen LogP contribution in [0.5, 0.6) is 0 Å². The van der Waals surface area contributed by atoms with Gasteiger partial charge in [0.1, 0.15) is 0 Å². The first kappa shape index (κ1) is 15.0. The number of alkyl halides is 3. The van der Waals surface area contributed by atoms with Crippen LogP contribution in [0.4, 0.5) is 24.5 Å². The van der Waals surface area contributed by atoms with Crippen molar-refractivity contribution in [2.75, 3.05) is 0 Å². The van der Waals surface area contributed by atoms with Gasteiger partial charge in [0.25, 0.3) is 5.56 Å². The molecule has 1 heterocycles. The lowest BCUT2D eigenvalue weighted by Gasteiger charge is -2.04. The molecule has 21 heavy (non-hydrogen) atoms. The maximum Gasteiger partial charge on any atom is 0.435 e. The van der Waals surface area contributed by atoms with Gasteiger partial charge < -0.3 is 0 Å². The van der Waals surface area contributed by atoms with Gasteiger partial charge in [0.15, 0.2) is 11.4 Å². The number of benzene rings is 1. The van der Waals surface area contributed by atoms with Crippen LogP contribution in [0.3, 0.4) is 0 Å². The van der Waals surface area contributed by atoms with Crippen LogP contribution in [0.25, 0.3) is 0 Å². The molecule has 0 radical (unpaired) electrons. The number of nitrogens with zero attached hydrogens (tertiary/aromatic N) is 2. The predicted molar refractivity (Wildman–Crippen MR) is 71.1 cm³/mol. The lowest BCUT2D eigenvalue weighted by Crippen LogP contribution is -2.06. The third kappa shape index (κ3) is 3.39. The van der Waals surface area contributed by atoms with Gasteiger partial charge in [-0.15, -0.1) is 5.11 Å². The van der Waals surface area contributed by atoms with Gasteiger partial charge in [-0.05, 0) is 23.6 Å². The molecular weight excluding hydrogens is 285 g/mol. The van der Waals surface area contributed by atoms with Crippen LogP contribution in [0.1, 0.15) is 31.0 Å². The Morgan fingerprint density at radius 2 is 1.67 bits per heavy atom. The number of aromatic nitrogens is 2. The summed E-state index contributed by atoms with van der Waals surface area (Å²) in [5.41, 5.74) is -1.55. The number of hydrogen-bond donors (Lipinski definition) is 2. The van der Waals surface area contributed by atoms with E-state index in [4.69, 9.17) is 0 Å². The van der Waals surface area contributed by atoms with Gasteiger partial charge in [-0.1, -0.05) is 26.0 Å². The molecule has 112 valence electrons. The SMILES string of the molecule is CC(C)c1ccc(N=Nc2c(C(F)(F)F)[nH][nH]c2=O)cc1. The molecule has 1 aromatic carbocycles. The first-order valence-electron chi connectivity index (χ1n) is 6.18. The summed E-state index contributed by atoms with van der Waals surface area (Å²) in [4.78, 5) is 11.3. The Kier molecular flexibility index (Phi) is 3.97. The van der Waals surface area contributed by atoms with Gasteiger partial charge in [0, 0.05) is 0 Å². The second kappa shape index (κ2) is 5.55. The van der Waals surface area contributed by atoms with Crippen molar-refractivity contribution in [2.24, 2.45) is 10.2 Å². The van der Waals surface area contributed by atoms with Crippen LogP contribution in [0, 0.1) is 0 Å². The molecule has 8 heteroatoms. The van der Waals surface area contributed by atoms with Crippen LogP contribution < -0.4 is 5.56 Å². The molecule has 0 saturated heterocycles. The molecule has 0 aliphatic carbocycles. The van der Waals surface area contributed by atoms with E-state index in [-0.39, 0.29) is 0 Å². The molecule has 0 spiro atoms. The second-order valence-electron chi connectivity index (χ2n) is 4.75. The number of aromatic amines is 2. The van der Waals surface area contributed by atoms with Crippen LogP contribution in [0.2, 0.25) is 0 Å². The third-order valence-electron chi connectivity index (χ3n) is 2.86. The highest BCUT2D eigenvalue weighted by Gasteiger charge is 2.37. The molecule has 5 nitrogen and oxygen atoms in total. The highest BCUT2D eigenvalue weighted by atomic mass is 19.4. The highest BCUT2D eigenvalue weighted by molar-refractivity contribution is 5.43. The number of rotatable bonds is 3. The molecule has 0 atom stereocenters. The summed E-state index contributed by atoms with van der Waals surface area (Å²) >= 11 is 0. The zero-order valence-corrected chi connectivity index (χ0v) is 11.3. The lowest BCUT2D eigenvalue weighted by molar-refractivity contribution is -0.140. The fourth-order valence-electron chi connectivity index (χ4n) is 1.69. The maximum atomic E-state index is 12.6. The molecule has 0 amide bonds. The normalized spacial score (nSPS) is 12.5. The molecule has 2 N–H and O–H groups in total. The third-order valence-corrected chi connectivity index (χ3v) is 2.86. The number of hydrogen-bond acceptors (Lipinski definition) is 3. The van der Waals surface area contributed by atoms with Crippen LogP contribution >= 0.6 is 0 Å². The molecular formula is C13H13F3N4O. The number of halogens is 3. The van der Waals surface area contributed by atoms with Crippen LogP contribution in [-0.4, -0.2) is 10.2 Å². The molecule has 2 aromatic rings. The van der Waals surface area contributed by atoms with E-state index in [1.165, 1.54) is 0 Å². The van der Waals surface area contributed by atoms with E-state index in [0.717, 1.165) is 5.56 Å². The van der Waals surface area contributed by atoms with Crippen molar-refractivity contribution in [2.45, 2.75) is 25.9 Å². The van der Waals surface area contributed by atoms with Gasteiger partial charge in [-0.3, -0.25) is 15.0 Å². The van der Waals surface area contributed by atoms with Gasteiger partial charge in [-0.25, -0.2) is 0 Å². The van der Waals surface area contributed by atoms with Crippen LogP contribution in [0.15, 0.2) is 39.3 Å². The van der Waals surface area contributed by atoms with E-state index >= 15 is 0 Å². The fraction of sp³-hybridized carbons (Fsp3) is 0.308. The second-order valence-corrected chi connectivity index (χ2v) is 4.75. The van der Waals surface area contributed by atoms with Gasteiger partial charge >= 0.3 is 6.18 Å². The summed E-state index contributed by atoms with van der Waals surface area (Å²) in [7, 11) is 0. The van der Waals surface area contributed by atoms with E-state index in [1.807, 2.05) is 31.1 Å². The van der Waals surface area contributed by atoms with E-state index < -0.39 is 23.1 Å². The van der Waals surface area contributed by atoms with E-state index in [9.17, 15) is 18.0 Å². The van der Waals surface area contributed by atoms with Gasteiger partial charge in [0.05, 0.1) is 5.69 Å². The minimum atomic E-state index is -4.70. The largest absolute Gasteiger partial charge is 0.435 e. The van der Waals surface area contributed by atoms with E-state index in [2.05, 4.69) is 10.2 Å². The van der Waals surface area contributed by atoms with Crippen molar-refractivity contribution in [1.29, 1.82) is 0 Å². The van der Waals surface area contributed by atoms with Crippen molar-refractivity contribution in [1.82, 2.24) is 10.2 Å². The van der Waals surface area contributed by atoms with E-state index in [0.29, 0.717) is 11.6 Å². The minimum absolute atomic E-state index is 0.334. The zero-order chi connectivity index (χ0) is 15.6. The Bertz CT molecular complexity index is 695. The molecule has 0 unspecified atom stereocenters. The molecule has 0 aliphatic heterocycles. The van der Waals surface area contributed by atoms with E-state index in [1.54, 1.807) is 17.2 Å². The lowest BCUT2D eigenvalue weighted by atomic mass is 10.0. The first-order valence-corrected chi connectivity index (χ1v) is 6.18. The molecule has 0 aliphatic rings. The molecule has 1 aromatic heterocycles. The van der Waals surface area contributed by atoms with Crippen LogP contribution in [-0.2, 0) is 6.18 Å². The first-order chi connectivity index (χ1) is 9.79. The average Bonchev–Trinajstić information content (AvgIpc) is 2.78. The summed E-state index contributed by atoms with van der Waals surface area (Å²) in [5, 5.41) is 10.7. The quantitative estimate of drug-likeness (QED) is 0.816. The standard InChI is InChI=1S/C13H13F3N4O/c1-7(2)8-3-5-9(6-4-8)17-18-10-11(13(14,15)16)19-20-12(10)21/h3-7H,1-2H3,(H2,19,20,21). The topological polar surface area (TPSA) is 73.4 Å². The Morgan fingerprint density at radius 3 is 2.19 bits per heavy atom. The van der Waals surface area contributed by atoms with Crippen molar-refractivity contribution >= 4 is 11.4 Å². The van der Waals surface area contributed by atoms with Crippen molar-refractivity contribution in [3.8, 4) is 0 Å². The molecule has 0 saturated carbocycles. The zero-order valence-electron chi connectivity index (χ0n) is 11.3. The van der Waals surface area contributed by atoms with Gasteiger partial charge in [-0.2, -0.15) is 18.3 Å². The number of nitrogens with one attached hydrogen (secondary N) is 2. The number of H-pyrrole nitrogens is 2. The monoisotopic (exact) mass is 298 g/mol. The summed E-state index contributed by atoms with van der Waals surface area (Å²) in [6, 6.07) is 6.88. The summed E-state index contributed by atoms with van der Waals surface area (Å²) in [6.07, 6.45) is -4.70. The summed E-state index contributed by atoms with van der Waals surface area (Å²) < 4.78 is 37.9. The predicted octanol–water partition coefficient (Wildman–Crippen LogP) is 4.26. The number of azo groups is 1. The summed E-state index contributed by atoms with van der Waals surface area (Å²) in [5.74, 6) is 0.334. The Labute approximate surface area is 117 Å². The summed E-state index contributed by atoms with van der Waals surface area (Å²) in [6.45, 7) is 4.04. The fourth-order valence-corrected chi connectivity index (χ4v) is 1.69. The molecule has 2 rings (SSSR count). The average molecular weight is 298 g/mol. The molecule has 0 fully saturated rings. The Hall–Kier alpha value is -2.38. The van der Waals surface area contributed by atoms with Crippen molar-refractivity contribution < 1.29 is 13.2 Å². The van der Waals surface area contributed by atoms with Crippen molar-refractivity contribution in [3.05, 3.63) is 45.9 Å². The smallest absolute Gasteiger partial charge is 0.292 e. The maximum absolute atomic E-state index is 12.6. The van der Waals surface area contributed by atoms with Gasteiger partial charge in [0.2, 0.25) is 0 Å². The van der Waals surface area contributed by atoms with Crippen molar-refractivity contribution in [3.63, 3.8) is 0 Å².